The highest BCUT2D eigenvalue weighted by atomic mass is 16.6. The van der Waals surface area contributed by atoms with Crippen molar-refractivity contribution in [1.29, 1.82) is 0 Å². The molecule has 4 nitrogen and oxygen atoms in total. The Morgan fingerprint density at radius 3 is 2.41 bits per heavy atom. The molecule has 0 radical (unpaired) electrons. The molecule has 0 saturated carbocycles. The number of benzene rings is 1. The molecule has 1 rings (SSSR count). The topological polar surface area (TPSA) is 64.7 Å². The molecule has 1 aromatic rings. The standard InChI is InChI=1S/C13H21NO3/c1-13(2,3)11-8-10(16-4)7-9(12(11)15)5-6-17-14/h7-8,15H,5-6,14H2,1-4H3. The highest BCUT2D eigenvalue weighted by Gasteiger charge is 2.21. The van der Waals surface area contributed by atoms with Crippen molar-refractivity contribution in [3.63, 3.8) is 0 Å². The zero-order chi connectivity index (χ0) is 13.1. The number of phenolic OH excluding ortho intramolecular Hbond substituents is 1. The van der Waals surface area contributed by atoms with Gasteiger partial charge in [-0.3, -0.25) is 0 Å². The van der Waals surface area contributed by atoms with Crippen LogP contribution in [0, 0.1) is 0 Å². The SMILES string of the molecule is COc1cc(CCON)c(O)c(C(C)(C)C)c1. The minimum atomic E-state index is -0.142. The summed E-state index contributed by atoms with van der Waals surface area (Å²) >= 11 is 0. The Morgan fingerprint density at radius 1 is 1.29 bits per heavy atom. The number of ether oxygens (including phenoxy) is 1. The molecule has 17 heavy (non-hydrogen) atoms. The molecule has 0 aliphatic carbocycles. The average molecular weight is 239 g/mol. The van der Waals surface area contributed by atoms with E-state index >= 15 is 0 Å². The molecular formula is C13H21NO3. The molecule has 0 atom stereocenters. The molecule has 96 valence electrons. The molecule has 0 unspecified atom stereocenters. The van der Waals surface area contributed by atoms with E-state index in [1.807, 2.05) is 32.9 Å². The van der Waals surface area contributed by atoms with Crippen LogP contribution in [0.2, 0.25) is 0 Å². The van der Waals surface area contributed by atoms with Crippen LogP contribution in [0.15, 0.2) is 12.1 Å². The van der Waals surface area contributed by atoms with Gasteiger partial charge in [-0.25, -0.2) is 5.90 Å². The van der Waals surface area contributed by atoms with Crippen molar-refractivity contribution in [3.05, 3.63) is 23.3 Å². The van der Waals surface area contributed by atoms with E-state index in [-0.39, 0.29) is 5.41 Å². The minimum absolute atomic E-state index is 0.142. The lowest BCUT2D eigenvalue weighted by molar-refractivity contribution is 0.140. The Hall–Kier alpha value is -1.26. The maximum absolute atomic E-state index is 10.2. The second-order valence-electron chi connectivity index (χ2n) is 5.05. The van der Waals surface area contributed by atoms with Gasteiger partial charge in [0.25, 0.3) is 0 Å². The van der Waals surface area contributed by atoms with Crippen LogP contribution in [0.25, 0.3) is 0 Å². The molecule has 0 spiro atoms. The lowest BCUT2D eigenvalue weighted by Gasteiger charge is -2.23. The number of rotatable bonds is 4. The fraction of sp³-hybridized carbons (Fsp3) is 0.538. The minimum Gasteiger partial charge on any atom is -0.507 e. The van der Waals surface area contributed by atoms with Crippen molar-refractivity contribution in [2.45, 2.75) is 32.6 Å². The summed E-state index contributed by atoms with van der Waals surface area (Å²) in [5.74, 6) is 6.05. The van der Waals surface area contributed by atoms with Gasteiger partial charge in [-0.1, -0.05) is 20.8 Å². The summed E-state index contributed by atoms with van der Waals surface area (Å²) in [4.78, 5) is 4.55. The molecule has 0 bridgehead atoms. The van der Waals surface area contributed by atoms with Gasteiger partial charge in [0.1, 0.15) is 11.5 Å². The third-order valence-electron chi connectivity index (χ3n) is 2.70. The van der Waals surface area contributed by atoms with Crippen molar-refractivity contribution in [2.75, 3.05) is 13.7 Å². The quantitative estimate of drug-likeness (QED) is 0.790. The van der Waals surface area contributed by atoms with Crippen molar-refractivity contribution >= 4 is 0 Å². The Kier molecular flexibility index (Phi) is 4.37. The van der Waals surface area contributed by atoms with Gasteiger partial charge < -0.3 is 14.7 Å². The molecule has 3 N–H and O–H groups in total. The molecule has 1 aromatic carbocycles. The zero-order valence-corrected chi connectivity index (χ0v) is 10.9. The molecular weight excluding hydrogens is 218 g/mol. The summed E-state index contributed by atoms with van der Waals surface area (Å²) in [5.41, 5.74) is 1.51. The molecule has 0 amide bonds. The number of phenols is 1. The van der Waals surface area contributed by atoms with E-state index in [2.05, 4.69) is 4.84 Å². The van der Waals surface area contributed by atoms with E-state index in [9.17, 15) is 5.11 Å². The number of methoxy groups -OCH3 is 1. The van der Waals surface area contributed by atoms with Crippen LogP contribution >= 0.6 is 0 Å². The van der Waals surface area contributed by atoms with Gasteiger partial charge in [-0.05, 0) is 17.5 Å². The van der Waals surface area contributed by atoms with Gasteiger partial charge >= 0.3 is 0 Å². The van der Waals surface area contributed by atoms with Gasteiger partial charge in [0.15, 0.2) is 0 Å². The van der Waals surface area contributed by atoms with Gasteiger partial charge in [0, 0.05) is 17.5 Å². The number of hydrogen-bond donors (Lipinski definition) is 2. The highest BCUT2D eigenvalue weighted by Crippen LogP contribution is 2.36. The fourth-order valence-corrected chi connectivity index (χ4v) is 1.71. The van der Waals surface area contributed by atoms with E-state index in [0.29, 0.717) is 18.8 Å². The Bertz CT molecular complexity index is 383. The smallest absolute Gasteiger partial charge is 0.122 e. The van der Waals surface area contributed by atoms with Crippen LogP contribution in [-0.4, -0.2) is 18.8 Å². The summed E-state index contributed by atoms with van der Waals surface area (Å²) in [5, 5.41) is 10.2. The molecule has 0 aromatic heterocycles. The van der Waals surface area contributed by atoms with Crippen LogP contribution in [0.5, 0.6) is 11.5 Å². The second kappa shape index (κ2) is 5.38. The van der Waals surface area contributed by atoms with Gasteiger partial charge in [0.2, 0.25) is 0 Å². The first-order valence-corrected chi connectivity index (χ1v) is 5.62. The van der Waals surface area contributed by atoms with Crippen molar-refractivity contribution in [1.82, 2.24) is 0 Å². The number of aromatic hydroxyl groups is 1. The summed E-state index contributed by atoms with van der Waals surface area (Å²) in [7, 11) is 1.61. The fourth-order valence-electron chi connectivity index (χ4n) is 1.71. The van der Waals surface area contributed by atoms with Gasteiger partial charge in [0.05, 0.1) is 13.7 Å². The van der Waals surface area contributed by atoms with Gasteiger partial charge in [-0.15, -0.1) is 0 Å². The van der Waals surface area contributed by atoms with Crippen LogP contribution < -0.4 is 10.6 Å². The van der Waals surface area contributed by atoms with Crippen LogP contribution in [0.1, 0.15) is 31.9 Å². The molecule has 0 aliphatic rings. The Morgan fingerprint density at radius 2 is 1.94 bits per heavy atom. The maximum Gasteiger partial charge on any atom is 0.122 e. The van der Waals surface area contributed by atoms with Crippen molar-refractivity contribution in [3.8, 4) is 11.5 Å². The van der Waals surface area contributed by atoms with Crippen molar-refractivity contribution < 1.29 is 14.7 Å². The number of nitrogens with two attached hydrogens (primary N) is 1. The monoisotopic (exact) mass is 239 g/mol. The summed E-state index contributed by atoms with van der Waals surface area (Å²) in [6, 6.07) is 3.67. The maximum atomic E-state index is 10.2. The Balaban J connectivity index is 3.21. The highest BCUT2D eigenvalue weighted by molar-refractivity contribution is 5.49. The molecule has 0 aliphatic heterocycles. The van der Waals surface area contributed by atoms with Crippen LogP contribution in [0.4, 0.5) is 0 Å². The average Bonchev–Trinajstić information content (AvgIpc) is 2.26. The normalized spacial score (nSPS) is 11.6. The number of hydrogen-bond acceptors (Lipinski definition) is 4. The van der Waals surface area contributed by atoms with Crippen LogP contribution in [-0.2, 0) is 16.7 Å². The second-order valence-corrected chi connectivity index (χ2v) is 5.05. The third-order valence-corrected chi connectivity index (χ3v) is 2.70. The van der Waals surface area contributed by atoms with Crippen molar-refractivity contribution in [2.24, 2.45) is 5.90 Å². The zero-order valence-electron chi connectivity index (χ0n) is 10.9. The van der Waals surface area contributed by atoms with E-state index in [1.165, 1.54) is 0 Å². The largest absolute Gasteiger partial charge is 0.507 e. The van der Waals surface area contributed by atoms with E-state index < -0.39 is 0 Å². The van der Waals surface area contributed by atoms with Gasteiger partial charge in [-0.2, -0.15) is 0 Å². The predicted octanol–water partition coefficient (Wildman–Crippen LogP) is 2.13. The van der Waals surface area contributed by atoms with E-state index in [4.69, 9.17) is 10.6 Å². The van der Waals surface area contributed by atoms with Crippen LogP contribution in [0.3, 0.4) is 0 Å². The first kappa shape index (κ1) is 13.8. The molecule has 0 fully saturated rings. The third kappa shape index (κ3) is 3.35. The lowest BCUT2D eigenvalue weighted by Crippen LogP contribution is -2.13. The van der Waals surface area contributed by atoms with E-state index in [1.54, 1.807) is 7.11 Å². The summed E-state index contributed by atoms with van der Waals surface area (Å²) in [6.07, 6.45) is 0.558. The Labute approximate surface area is 102 Å². The molecule has 4 heteroatoms. The molecule has 0 saturated heterocycles. The molecule has 0 heterocycles. The predicted molar refractivity (Wildman–Crippen MR) is 67.2 cm³/mol. The lowest BCUT2D eigenvalue weighted by atomic mass is 9.84. The van der Waals surface area contributed by atoms with E-state index in [0.717, 1.165) is 16.9 Å². The summed E-state index contributed by atoms with van der Waals surface area (Å²) in [6.45, 7) is 6.50. The first-order valence-electron chi connectivity index (χ1n) is 5.62. The summed E-state index contributed by atoms with van der Waals surface area (Å²) < 4.78 is 5.24. The first-order chi connectivity index (χ1) is 7.90.